The van der Waals surface area contributed by atoms with E-state index in [0.717, 1.165) is 25.0 Å². The third-order valence-corrected chi connectivity index (χ3v) is 5.35. The smallest absolute Gasteiger partial charge is 0.119 e. The van der Waals surface area contributed by atoms with Crippen LogP contribution in [0.4, 0.5) is 0 Å². The number of rotatable bonds is 2. The molecular formula is C18H26O2. The van der Waals surface area contributed by atoms with Gasteiger partial charge in [-0.3, -0.25) is 0 Å². The molecule has 0 saturated heterocycles. The van der Waals surface area contributed by atoms with Crippen LogP contribution in [-0.2, 0) is 12.8 Å². The fourth-order valence-electron chi connectivity index (χ4n) is 4.07. The maximum atomic E-state index is 11.2. The Hall–Kier alpha value is -1.02. The third kappa shape index (κ3) is 2.71. The first-order valence-electron chi connectivity index (χ1n) is 8.09. The van der Waals surface area contributed by atoms with Crippen molar-refractivity contribution in [2.45, 2.75) is 63.4 Å². The summed E-state index contributed by atoms with van der Waals surface area (Å²) in [6, 6.07) is 6.33. The lowest BCUT2D eigenvalue weighted by Gasteiger charge is -2.40. The molecule has 20 heavy (non-hydrogen) atoms. The Morgan fingerprint density at radius 1 is 1.10 bits per heavy atom. The van der Waals surface area contributed by atoms with Gasteiger partial charge >= 0.3 is 0 Å². The van der Waals surface area contributed by atoms with Gasteiger partial charge in [0.15, 0.2) is 0 Å². The molecule has 3 rings (SSSR count). The Bertz CT molecular complexity index is 460. The second kappa shape index (κ2) is 5.77. The van der Waals surface area contributed by atoms with E-state index in [2.05, 4.69) is 12.1 Å². The quantitative estimate of drug-likeness (QED) is 0.829. The fourth-order valence-corrected chi connectivity index (χ4v) is 4.07. The van der Waals surface area contributed by atoms with Crippen molar-refractivity contribution in [1.29, 1.82) is 0 Å². The van der Waals surface area contributed by atoms with E-state index in [4.69, 9.17) is 4.74 Å². The molecule has 2 aliphatic rings. The highest BCUT2D eigenvalue weighted by atomic mass is 16.5. The van der Waals surface area contributed by atoms with Crippen molar-refractivity contribution >= 4 is 0 Å². The summed E-state index contributed by atoms with van der Waals surface area (Å²) in [5, 5.41) is 11.2. The van der Waals surface area contributed by atoms with Crippen molar-refractivity contribution in [2.24, 2.45) is 5.92 Å². The Labute approximate surface area is 122 Å². The number of ether oxygens (including phenoxy) is 1. The summed E-state index contributed by atoms with van der Waals surface area (Å²) < 4.78 is 5.33. The Kier molecular flexibility index (Phi) is 4.02. The van der Waals surface area contributed by atoms with Gasteiger partial charge in [-0.25, -0.2) is 0 Å². The lowest BCUT2D eigenvalue weighted by molar-refractivity contribution is -0.0363. The largest absolute Gasteiger partial charge is 0.497 e. The van der Waals surface area contributed by atoms with Gasteiger partial charge in [-0.05, 0) is 54.9 Å². The van der Waals surface area contributed by atoms with E-state index in [9.17, 15) is 5.11 Å². The fraction of sp³-hybridized carbons (Fsp3) is 0.667. The van der Waals surface area contributed by atoms with Crippen molar-refractivity contribution in [3.8, 4) is 5.75 Å². The van der Waals surface area contributed by atoms with Crippen molar-refractivity contribution in [3.63, 3.8) is 0 Å². The van der Waals surface area contributed by atoms with Crippen LogP contribution in [0.25, 0.3) is 0 Å². The van der Waals surface area contributed by atoms with Gasteiger partial charge in [0.1, 0.15) is 5.75 Å². The summed E-state index contributed by atoms with van der Waals surface area (Å²) in [4.78, 5) is 0. The molecule has 0 aliphatic heterocycles. The standard InChI is InChI=1S/C18H26O2/c1-20-17-9-8-14-10-11-18(19,13-15(14)12-17)16-6-4-2-3-5-7-16/h8-9,12,16,19H,2-7,10-11,13H2,1H3. The molecule has 1 atom stereocenters. The van der Waals surface area contributed by atoms with Crippen LogP contribution < -0.4 is 4.74 Å². The van der Waals surface area contributed by atoms with Crippen molar-refractivity contribution in [3.05, 3.63) is 29.3 Å². The number of fused-ring (bicyclic) bond motifs is 1. The van der Waals surface area contributed by atoms with Gasteiger partial charge < -0.3 is 9.84 Å². The summed E-state index contributed by atoms with van der Waals surface area (Å²) in [5.74, 6) is 1.40. The van der Waals surface area contributed by atoms with Crippen LogP contribution in [0.15, 0.2) is 18.2 Å². The molecule has 0 spiro atoms. The highest BCUT2D eigenvalue weighted by molar-refractivity contribution is 5.38. The minimum atomic E-state index is -0.482. The van der Waals surface area contributed by atoms with E-state index in [1.54, 1.807) is 7.11 Å². The molecule has 1 aromatic carbocycles. The first-order valence-corrected chi connectivity index (χ1v) is 8.09. The molecule has 110 valence electrons. The van der Waals surface area contributed by atoms with E-state index in [-0.39, 0.29) is 0 Å². The maximum Gasteiger partial charge on any atom is 0.119 e. The molecule has 1 saturated carbocycles. The second-order valence-electron chi connectivity index (χ2n) is 6.60. The van der Waals surface area contributed by atoms with E-state index in [1.165, 1.54) is 49.7 Å². The molecule has 1 N–H and O–H groups in total. The number of hydrogen-bond donors (Lipinski definition) is 1. The minimum Gasteiger partial charge on any atom is -0.497 e. The molecule has 0 amide bonds. The lowest BCUT2D eigenvalue weighted by atomic mass is 9.71. The Balaban J connectivity index is 1.81. The van der Waals surface area contributed by atoms with Crippen LogP contribution in [0.5, 0.6) is 5.75 Å². The van der Waals surface area contributed by atoms with Crippen LogP contribution >= 0.6 is 0 Å². The monoisotopic (exact) mass is 274 g/mol. The molecule has 0 radical (unpaired) electrons. The molecule has 0 heterocycles. The molecule has 0 bridgehead atoms. The number of aliphatic hydroxyl groups is 1. The molecule has 2 aliphatic carbocycles. The minimum absolute atomic E-state index is 0.482. The zero-order valence-corrected chi connectivity index (χ0v) is 12.5. The molecule has 2 nitrogen and oxygen atoms in total. The number of benzene rings is 1. The molecule has 0 aromatic heterocycles. The summed E-state index contributed by atoms with van der Waals surface area (Å²) in [6.07, 6.45) is 10.4. The average molecular weight is 274 g/mol. The summed E-state index contributed by atoms with van der Waals surface area (Å²) in [6.45, 7) is 0. The van der Waals surface area contributed by atoms with Gasteiger partial charge in [0.25, 0.3) is 0 Å². The van der Waals surface area contributed by atoms with E-state index in [1.807, 2.05) is 6.07 Å². The van der Waals surface area contributed by atoms with Crippen molar-refractivity contribution in [2.75, 3.05) is 7.11 Å². The van der Waals surface area contributed by atoms with Crippen LogP contribution in [0, 0.1) is 5.92 Å². The maximum absolute atomic E-state index is 11.2. The van der Waals surface area contributed by atoms with Gasteiger partial charge in [0.05, 0.1) is 12.7 Å². The number of aryl methyl sites for hydroxylation is 1. The van der Waals surface area contributed by atoms with Crippen molar-refractivity contribution < 1.29 is 9.84 Å². The SMILES string of the molecule is COc1ccc2c(c1)CC(O)(C1CCCCCC1)CC2. The summed E-state index contributed by atoms with van der Waals surface area (Å²) in [5.41, 5.74) is 2.20. The molecule has 2 heteroatoms. The third-order valence-electron chi connectivity index (χ3n) is 5.35. The topological polar surface area (TPSA) is 29.5 Å². The van der Waals surface area contributed by atoms with Gasteiger partial charge in [-0.1, -0.05) is 31.7 Å². The molecule has 1 fully saturated rings. The normalized spacial score (nSPS) is 27.7. The number of hydrogen-bond acceptors (Lipinski definition) is 2. The van der Waals surface area contributed by atoms with Crippen LogP contribution in [0.3, 0.4) is 0 Å². The predicted molar refractivity (Wildman–Crippen MR) is 81.2 cm³/mol. The van der Waals surface area contributed by atoms with Crippen LogP contribution in [0.2, 0.25) is 0 Å². The van der Waals surface area contributed by atoms with Crippen LogP contribution in [-0.4, -0.2) is 17.8 Å². The highest BCUT2D eigenvalue weighted by Gasteiger charge is 2.39. The van der Waals surface area contributed by atoms with Crippen LogP contribution in [0.1, 0.15) is 56.1 Å². The van der Waals surface area contributed by atoms with E-state index in [0.29, 0.717) is 5.92 Å². The number of methoxy groups -OCH3 is 1. The van der Waals surface area contributed by atoms with E-state index >= 15 is 0 Å². The summed E-state index contributed by atoms with van der Waals surface area (Å²) in [7, 11) is 1.71. The first kappa shape index (κ1) is 13.9. The van der Waals surface area contributed by atoms with Crippen molar-refractivity contribution in [1.82, 2.24) is 0 Å². The molecule has 1 aromatic rings. The molecular weight excluding hydrogens is 248 g/mol. The highest BCUT2D eigenvalue weighted by Crippen LogP contribution is 2.40. The lowest BCUT2D eigenvalue weighted by Crippen LogP contribution is -2.43. The Morgan fingerprint density at radius 2 is 1.85 bits per heavy atom. The van der Waals surface area contributed by atoms with Gasteiger partial charge in [-0.15, -0.1) is 0 Å². The predicted octanol–water partition coefficient (Wildman–Crippen LogP) is 3.89. The van der Waals surface area contributed by atoms with Gasteiger partial charge in [-0.2, -0.15) is 0 Å². The van der Waals surface area contributed by atoms with Gasteiger partial charge in [0, 0.05) is 6.42 Å². The first-order chi connectivity index (χ1) is 9.71. The zero-order valence-electron chi connectivity index (χ0n) is 12.5. The van der Waals surface area contributed by atoms with E-state index < -0.39 is 5.60 Å². The molecule has 1 unspecified atom stereocenters. The zero-order chi connectivity index (χ0) is 14.0. The summed E-state index contributed by atoms with van der Waals surface area (Å²) >= 11 is 0. The Morgan fingerprint density at radius 3 is 2.55 bits per heavy atom. The van der Waals surface area contributed by atoms with Gasteiger partial charge in [0.2, 0.25) is 0 Å². The second-order valence-corrected chi connectivity index (χ2v) is 6.60. The average Bonchev–Trinajstić information content (AvgIpc) is 2.76.